The molecule has 7 nitrogen and oxygen atoms in total. The van der Waals surface area contributed by atoms with Crippen LogP contribution in [-0.4, -0.2) is 38.0 Å². The Hall–Kier alpha value is -2.70. The third-order valence-electron chi connectivity index (χ3n) is 5.38. The maximum Gasteiger partial charge on any atom is 0.226 e. The normalized spacial score (nSPS) is 17.0. The van der Waals surface area contributed by atoms with Gasteiger partial charge >= 0.3 is 0 Å². The minimum Gasteiger partial charge on any atom is -0.350 e. The molecule has 2 amide bonds. The van der Waals surface area contributed by atoms with Crippen LogP contribution in [0, 0.1) is 5.92 Å². The zero-order chi connectivity index (χ0) is 18.6. The van der Waals surface area contributed by atoms with E-state index in [1.807, 2.05) is 27.8 Å². The highest BCUT2D eigenvalue weighted by Crippen LogP contribution is 2.29. The van der Waals surface area contributed by atoms with Crippen molar-refractivity contribution in [2.24, 2.45) is 5.92 Å². The quantitative estimate of drug-likeness (QED) is 0.872. The van der Waals surface area contributed by atoms with Gasteiger partial charge in [-0.3, -0.25) is 19.3 Å². The number of carbonyl (C=O) groups is 2. The number of aromatic nitrogens is 3. The van der Waals surface area contributed by atoms with E-state index in [9.17, 15) is 9.59 Å². The lowest BCUT2D eigenvalue weighted by atomic mass is 9.84. The standard InChI is InChI=1S/C20H25N5O2/c26-19(10-15-4-2-7-21-12-15)22-13-17-11-18-14-24(8-3-9-25(18)23-17)20(27)16-5-1-6-16/h2,4,7,11-12,16H,1,3,5-6,8-10,13-14H2,(H,22,26). The van der Waals surface area contributed by atoms with Crippen molar-refractivity contribution in [3.63, 3.8) is 0 Å². The number of pyridine rings is 1. The summed E-state index contributed by atoms with van der Waals surface area (Å²) in [6, 6.07) is 5.72. The second kappa shape index (κ2) is 7.90. The van der Waals surface area contributed by atoms with Crippen LogP contribution in [0.4, 0.5) is 0 Å². The molecule has 0 aromatic carbocycles. The second-order valence-corrected chi connectivity index (χ2v) is 7.41. The molecule has 1 N–H and O–H groups in total. The molecule has 0 radical (unpaired) electrons. The zero-order valence-corrected chi connectivity index (χ0v) is 15.4. The lowest BCUT2D eigenvalue weighted by molar-refractivity contribution is -0.138. The van der Waals surface area contributed by atoms with Crippen molar-refractivity contribution in [2.45, 2.75) is 51.7 Å². The van der Waals surface area contributed by atoms with Gasteiger partial charge in [-0.25, -0.2) is 0 Å². The summed E-state index contributed by atoms with van der Waals surface area (Å²) < 4.78 is 1.98. The Bertz CT molecular complexity index is 813. The molecule has 1 fully saturated rings. The third-order valence-corrected chi connectivity index (χ3v) is 5.38. The van der Waals surface area contributed by atoms with E-state index in [-0.39, 0.29) is 11.8 Å². The van der Waals surface area contributed by atoms with Crippen LogP contribution in [0.25, 0.3) is 0 Å². The van der Waals surface area contributed by atoms with E-state index in [1.165, 1.54) is 6.42 Å². The average Bonchev–Trinajstić information content (AvgIpc) is 2.89. The summed E-state index contributed by atoms with van der Waals surface area (Å²) in [4.78, 5) is 30.7. The summed E-state index contributed by atoms with van der Waals surface area (Å²) in [6.45, 7) is 2.63. The molecule has 0 bridgehead atoms. The topological polar surface area (TPSA) is 80.1 Å². The fraction of sp³-hybridized carbons (Fsp3) is 0.500. The summed E-state index contributed by atoms with van der Waals surface area (Å²) in [5, 5.41) is 7.53. The molecule has 0 spiro atoms. The molecule has 0 atom stereocenters. The highest BCUT2D eigenvalue weighted by molar-refractivity contribution is 5.79. The van der Waals surface area contributed by atoms with Crippen LogP contribution in [0.5, 0.6) is 0 Å². The fourth-order valence-electron chi connectivity index (χ4n) is 3.65. The first-order valence-corrected chi connectivity index (χ1v) is 9.69. The van der Waals surface area contributed by atoms with E-state index in [1.54, 1.807) is 12.4 Å². The number of rotatable bonds is 5. The first-order valence-electron chi connectivity index (χ1n) is 9.69. The first kappa shape index (κ1) is 17.7. The molecule has 2 aliphatic rings. The number of hydrogen-bond donors (Lipinski definition) is 1. The van der Waals surface area contributed by atoms with E-state index in [0.29, 0.717) is 25.4 Å². The fourth-order valence-corrected chi connectivity index (χ4v) is 3.65. The maximum absolute atomic E-state index is 12.6. The Morgan fingerprint density at radius 2 is 2.11 bits per heavy atom. The van der Waals surface area contributed by atoms with Gasteiger partial charge in [-0.1, -0.05) is 12.5 Å². The van der Waals surface area contributed by atoms with Gasteiger partial charge in [0.2, 0.25) is 11.8 Å². The summed E-state index contributed by atoms with van der Waals surface area (Å²) in [5.41, 5.74) is 2.78. The van der Waals surface area contributed by atoms with Crippen LogP contribution >= 0.6 is 0 Å². The lowest BCUT2D eigenvalue weighted by Crippen LogP contribution is -2.38. The predicted octanol–water partition coefficient (Wildman–Crippen LogP) is 1.67. The van der Waals surface area contributed by atoms with Crippen molar-refractivity contribution in [1.82, 2.24) is 25.0 Å². The van der Waals surface area contributed by atoms with Gasteiger partial charge in [0.05, 0.1) is 30.9 Å². The molecular formula is C20H25N5O2. The van der Waals surface area contributed by atoms with E-state index < -0.39 is 0 Å². The van der Waals surface area contributed by atoms with E-state index in [4.69, 9.17) is 0 Å². The highest BCUT2D eigenvalue weighted by atomic mass is 16.2. The Labute approximate surface area is 158 Å². The molecule has 4 rings (SSSR count). The predicted molar refractivity (Wildman–Crippen MR) is 99.4 cm³/mol. The zero-order valence-electron chi connectivity index (χ0n) is 15.4. The third kappa shape index (κ3) is 4.18. The largest absolute Gasteiger partial charge is 0.350 e. The number of amides is 2. The molecule has 1 aliphatic heterocycles. The lowest BCUT2D eigenvalue weighted by Gasteiger charge is -2.30. The van der Waals surface area contributed by atoms with Crippen LogP contribution in [0.15, 0.2) is 30.6 Å². The average molecular weight is 367 g/mol. The minimum absolute atomic E-state index is 0.0482. The maximum atomic E-state index is 12.6. The SMILES string of the molecule is O=C(Cc1cccnc1)NCc1cc2n(n1)CCCN(C(=O)C1CCC1)C2. The number of fused-ring (bicyclic) bond motifs is 1. The van der Waals surface area contributed by atoms with Gasteiger partial charge in [0.1, 0.15) is 0 Å². The Balaban J connectivity index is 1.34. The van der Waals surface area contributed by atoms with Crippen molar-refractivity contribution in [2.75, 3.05) is 6.54 Å². The molecule has 2 aromatic heterocycles. The van der Waals surface area contributed by atoms with E-state index >= 15 is 0 Å². The summed E-state index contributed by atoms with van der Waals surface area (Å²) in [7, 11) is 0. The van der Waals surface area contributed by atoms with Crippen LogP contribution in [0.3, 0.4) is 0 Å². The smallest absolute Gasteiger partial charge is 0.226 e. The van der Waals surface area contributed by atoms with Crippen LogP contribution < -0.4 is 5.32 Å². The molecule has 1 aliphatic carbocycles. The van der Waals surface area contributed by atoms with Crippen molar-refractivity contribution >= 4 is 11.8 Å². The van der Waals surface area contributed by atoms with Crippen molar-refractivity contribution in [3.8, 4) is 0 Å². The Morgan fingerprint density at radius 3 is 2.85 bits per heavy atom. The van der Waals surface area contributed by atoms with Gasteiger partial charge in [-0.2, -0.15) is 5.10 Å². The monoisotopic (exact) mass is 367 g/mol. The number of carbonyl (C=O) groups excluding carboxylic acids is 2. The molecule has 3 heterocycles. The van der Waals surface area contributed by atoms with E-state index in [0.717, 1.165) is 49.3 Å². The second-order valence-electron chi connectivity index (χ2n) is 7.41. The highest BCUT2D eigenvalue weighted by Gasteiger charge is 2.30. The molecule has 7 heteroatoms. The molecule has 0 unspecified atom stereocenters. The van der Waals surface area contributed by atoms with Crippen molar-refractivity contribution in [1.29, 1.82) is 0 Å². The van der Waals surface area contributed by atoms with E-state index in [2.05, 4.69) is 15.4 Å². The van der Waals surface area contributed by atoms with Gasteiger partial charge in [-0.05, 0) is 37.0 Å². The van der Waals surface area contributed by atoms with Gasteiger partial charge < -0.3 is 10.2 Å². The number of nitrogens with zero attached hydrogens (tertiary/aromatic N) is 4. The van der Waals surface area contributed by atoms with Gasteiger partial charge in [0, 0.05) is 31.4 Å². The Kier molecular flexibility index (Phi) is 5.18. The van der Waals surface area contributed by atoms with Crippen LogP contribution in [0.2, 0.25) is 0 Å². The van der Waals surface area contributed by atoms with Gasteiger partial charge in [-0.15, -0.1) is 0 Å². The minimum atomic E-state index is -0.0482. The number of aryl methyl sites for hydroxylation is 1. The van der Waals surface area contributed by atoms with Crippen molar-refractivity contribution < 1.29 is 9.59 Å². The summed E-state index contributed by atoms with van der Waals surface area (Å²) in [6.07, 6.45) is 7.85. The summed E-state index contributed by atoms with van der Waals surface area (Å²) >= 11 is 0. The molecular weight excluding hydrogens is 342 g/mol. The molecule has 2 aromatic rings. The molecule has 142 valence electrons. The van der Waals surface area contributed by atoms with Crippen LogP contribution in [0.1, 0.15) is 42.6 Å². The van der Waals surface area contributed by atoms with Crippen LogP contribution in [-0.2, 0) is 35.6 Å². The molecule has 1 saturated carbocycles. The summed E-state index contributed by atoms with van der Waals surface area (Å²) in [5.74, 6) is 0.473. The first-order chi connectivity index (χ1) is 13.2. The molecule has 27 heavy (non-hydrogen) atoms. The van der Waals surface area contributed by atoms with Crippen molar-refractivity contribution in [3.05, 3.63) is 47.5 Å². The van der Waals surface area contributed by atoms with Gasteiger partial charge in [0.25, 0.3) is 0 Å². The Morgan fingerprint density at radius 1 is 1.22 bits per heavy atom. The molecule has 0 saturated heterocycles. The van der Waals surface area contributed by atoms with Gasteiger partial charge in [0.15, 0.2) is 0 Å². The number of nitrogens with one attached hydrogen (secondary N) is 1. The number of hydrogen-bond acceptors (Lipinski definition) is 4.